The summed E-state index contributed by atoms with van der Waals surface area (Å²) < 4.78 is 5.23. The van der Waals surface area contributed by atoms with Gasteiger partial charge in [0, 0.05) is 5.69 Å². The zero-order valence-corrected chi connectivity index (χ0v) is 13.4. The van der Waals surface area contributed by atoms with Gasteiger partial charge in [-0.1, -0.05) is 24.3 Å². The predicted molar refractivity (Wildman–Crippen MR) is 86.6 cm³/mol. The van der Waals surface area contributed by atoms with Gasteiger partial charge in [-0.3, -0.25) is 9.59 Å². The Labute approximate surface area is 131 Å². The van der Waals surface area contributed by atoms with Crippen molar-refractivity contribution in [1.82, 2.24) is 0 Å². The van der Waals surface area contributed by atoms with Crippen molar-refractivity contribution in [3.05, 3.63) is 41.5 Å². The van der Waals surface area contributed by atoms with Crippen LogP contribution in [0.1, 0.15) is 37.3 Å². The van der Waals surface area contributed by atoms with Crippen LogP contribution in [0.25, 0.3) is 0 Å². The molecule has 0 saturated carbocycles. The van der Waals surface area contributed by atoms with Gasteiger partial charge in [0.25, 0.3) is 5.91 Å². The molecule has 0 spiro atoms. The van der Waals surface area contributed by atoms with Gasteiger partial charge in [-0.15, -0.1) is 0 Å². The topological polar surface area (TPSA) is 55.4 Å². The first kappa shape index (κ1) is 16.3. The van der Waals surface area contributed by atoms with Crippen molar-refractivity contribution in [1.29, 1.82) is 0 Å². The van der Waals surface area contributed by atoms with E-state index in [1.54, 1.807) is 6.92 Å². The zero-order chi connectivity index (χ0) is 16.1. The number of esters is 1. The molecule has 0 fully saturated rings. The first-order valence-corrected chi connectivity index (χ1v) is 7.70. The molecule has 0 bridgehead atoms. The van der Waals surface area contributed by atoms with Crippen molar-refractivity contribution in [3.8, 4) is 0 Å². The third kappa shape index (κ3) is 4.45. The summed E-state index contributed by atoms with van der Waals surface area (Å²) in [5.41, 5.74) is 2.80. The number of hydrogen-bond donors (Lipinski definition) is 1. The third-order valence-corrected chi connectivity index (χ3v) is 3.87. The average molecular weight is 301 g/mol. The van der Waals surface area contributed by atoms with E-state index in [0.717, 1.165) is 29.7 Å². The van der Waals surface area contributed by atoms with Crippen LogP contribution in [-0.2, 0) is 14.3 Å². The highest BCUT2D eigenvalue weighted by Crippen LogP contribution is 2.21. The van der Waals surface area contributed by atoms with Crippen LogP contribution in [0.3, 0.4) is 0 Å². The van der Waals surface area contributed by atoms with Crippen molar-refractivity contribution in [3.63, 3.8) is 0 Å². The van der Waals surface area contributed by atoms with E-state index in [1.807, 2.05) is 38.1 Å². The van der Waals surface area contributed by atoms with E-state index in [9.17, 15) is 9.59 Å². The summed E-state index contributed by atoms with van der Waals surface area (Å²) >= 11 is 0. The van der Waals surface area contributed by atoms with Crippen molar-refractivity contribution in [2.24, 2.45) is 5.92 Å². The molecule has 0 aromatic heterocycles. The van der Waals surface area contributed by atoms with E-state index >= 15 is 0 Å². The normalized spacial score (nSPS) is 18.0. The number of amides is 1. The molecule has 1 aliphatic carbocycles. The molecule has 0 aliphatic heterocycles. The summed E-state index contributed by atoms with van der Waals surface area (Å²) in [7, 11) is 0. The fraction of sp³-hybridized carbons (Fsp3) is 0.444. The van der Waals surface area contributed by atoms with Crippen LogP contribution in [0.15, 0.2) is 30.4 Å². The number of ether oxygens (including phenoxy) is 1. The SMILES string of the molecule is Cc1ccc(C)c(NC(=O)[C@H](C)OC(=O)C[C@H]2C=CCC2)c1. The molecular weight excluding hydrogens is 278 g/mol. The highest BCUT2D eigenvalue weighted by atomic mass is 16.5. The van der Waals surface area contributed by atoms with Crippen molar-refractivity contribution in [2.45, 2.75) is 46.1 Å². The number of carbonyl (C=O) groups excluding carboxylic acids is 2. The largest absolute Gasteiger partial charge is 0.453 e. The van der Waals surface area contributed by atoms with Crippen LogP contribution in [0.2, 0.25) is 0 Å². The number of allylic oxidation sites excluding steroid dienone is 2. The molecule has 2 rings (SSSR count). The summed E-state index contributed by atoms with van der Waals surface area (Å²) in [5.74, 6) is -0.369. The number of aryl methyl sites for hydroxylation is 2. The second-order valence-corrected chi connectivity index (χ2v) is 5.91. The fourth-order valence-electron chi connectivity index (χ4n) is 2.48. The van der Waals surface area contributed by atoms with Crippen molar-refractivity contribution >= 4 is 17.6 Å². The molecule has 4 heteroatoms. The molecular formula is C18H23NO3. The van der Waals surface area contributed by atoms with Gasteiger partial charge in [-0.05, 0) is 56.7 Å². The Kier molecular flexibility index (Phi) is 5.36. The Morgan fingerprint density at radius 3 is 2.82 bits per heavy atom. The molecule has 118 valence electrons. The van der Waals surface area contributed by atoms with E-state index in [0.29, 0.717) is 6.42 Å². The van der Waals surface area contributed by atoms with Gasteiger partial charge in [0.15, 0.2) is 6.10 Å². The molecule has 1 N–H and O–H groups in total. The number of carbonyl (C=O) groups is 2. The molecule has 0 saturated heterocycles. The van der Waals surface area contributed by atoms with Crippen LogP contribution < -0.4 is 5.32 Å². The van der Waals surface area contributed by atoms with Crippen LogP contribution in [-0.4, -0.2) is 18.0 Å². The molecule has 1 aliphatic rings. The van der Waals surface area contributed by atoms with Gasteiger partial charge < -0.3 is 10.1 Å². The first-order chi connectivity index (χ1) is 10.5. The van der Waals surface area contributed by atoms with E-state index in [-0.39, 0.29) is 17.8 Å². The van der Waals surface area contributed by atoms with E-state index in [1.165, 1.54) is 0 Å². The summed E-state index contributed by atoms with van der Waals surface area (Å²) in [6, 6.07) is 5.85. The van der Waals surface area contributed by atoms with Crippen LogP contribution >= 0.6 is 0 Å². The number of anilines is 1. The van der Waals surface area contributed by atoms with Gasteiger partial charge in [-0.2, -0.15) is 0 Å². The lowest BCUT2D eigenvalue weighted by Crippen LogP contribution is -2.30. The summed E-state index contributed by atoms with van der Waals surface area (Å²) in [4.78, 5) is 24.0. The lowest BCUT2D eigenvalue weighted by Gasteiger charge is -2.16. The average Bonchev–Trinajstić information content (AvgIpc) is 2.95. The smallest absolute Gasteiger partial charge is 0.307 e. The van der Waals surface area contributed by atoms with Crippen LogP contribution in [0.4, 0.5) is 5.69 Å². The minimum atomic E-state index is -0.794. The number of hydrogen-bond acceptors (Lipinski definition) is 3. The van der Waals surface area contributed by atoms with Gasteiger partial charge >= 0.3 is 5.97 Å². The van der Waals surface area contributed by atoms with E-state index in [4.69, 9.17) is 4.74 Å². The minimum Gasteiger partial charge on any atom is -0.453 e. The Morgan fingerprint density at radius 1 is 1.36 bits per heavy atom. The Balaban J connectivity index is 1.87. The van der Waals surface area contributed by atoms with Gasteiger partial charge in [0.1, 0.15) is 0 Å². The van der Waals surface area contributed by atoms with E-state index < -0.39 is 6.10 Å². The van der Waals surface area contributed by atoms with Gasteiger partial charge in [0.2, 0.25) is 0 Å². The first-order valence-electron chi connectivity index (χ1n) is 7.70. The molecule has 2 atom stereocenters. The molecule has 1 aromatic carbocycles. The number of rotatable bonds is 5. The van der Waals surface area contributed by atoms with Crippen molar-refractivity contribution in [2.75, 3.05) is 5.32 Å². The number of nitrogens with one attached hydrogen (secondary N) is 1. The van der Waals surface area contributed by atoms with E-state index in [2.05, 4.69) is 11.4 Å². The lowest BCUT2D eigenvalue weighted by molar-refractivity contribution is -0.153. The molecule has 0 radical (unpaired) electrons. The van der Waals surface area contributed by atoms with Crippen molar-refractivity contribution < 1.29 is 14.3 Å². The second kappa shape index (κ2) is 7.25. The fourth-order valence-corrected chi connectivity index (χ4v) is 2.48. The number of benzene rings is 1. The molecule has 0 heterocycles. The monoisotopic (exact) mass is 301 g/mol. The third-order valence-electron chi connectivity index (χ3n) is 3.87. The standard InChI is InChI=1S/C18H23NO3/c1-12-8-9-13(2)16(10-12)19-18(21)14(3)22-17(20)11-15-6-4-5-7-15/h4,6,8-10,14-15H,5,7,11H2,1-3H3,(H,19,21)/t14-,15-/m0/s1. The maximum Gasteiger partial charge on any atom is 0.307 e. The quantitative estimate of drug-likeness (QED) is 0.668. The lowest BCUT2D eigenvalue weighted by atomic mass is 10.1. The molecule has 4 nitrogen and oxygen atoms in total. The zero-order valence-electron chi connectivity index (χ0n) is 13.4. The maximum absolute atomic E-state index is 12.1. The summed E-state index contributed by atoms with van der Waals surface area (Å²) in [6.07, 6.45) is 5.67. The highest BCUT2D eigenvalue weighted by molar-refractivity contribution is 5.95. The predicted octanol–water partition coefficient (Wildman–Crippen LogP) is 3.53. The highest BCUT2D eigenvalue weighted by Gasteiger charge is 2.21. The molecule has 1 aromatic rings. The molecule has 22 heavy (non-hydrogen) atoms. The Bertz CT molecular complexity index is 592. The molecule has 1 amide bonds. The Hall–Kier alpha value is -2.10. The minimum absolute atomic E-state index is 0.252. The summed E-state index contributed by atoms with van der Waals surface area (Å²) in [6.45, 7) is 5.49. The molecule has 0 unspecified atom stereocenters. The van der Waals surface area contributed by atoms with Crippen LogP contribution in [0, 0.1) is 19.8 Å². The Morgan fingerprint density at radius 2 is 2.14 bits per heavy atom. The van der Waals surface area contributed by atoms with Gasteiger partial charge in [-0.25, -0.2) is 0 Å². The van der Waals surface area contributed by atoms with Gasteiger partial charge in [0.05, 0.1) is 6.42 Å². The maximum atomic E-state index is 12.1. The van der Waals surface area contributed by atoms with Crippen LogP contribution in [0.5, 0.6) is 0 Å². The summed E-state index contributed by atoms with van der Waals surface area (Å²) in [5, 5.41) is 2.82. The second-order valence-electron chi connectivity index (χ2n) is 5.91.